The van der Waals surface area contributed by atoms with E-state index in [1.807, 2.05) is 27.7 Å². The van der Waals surface area contributed by atoms with Gasteiger partial charge in [0, 0.05) is 11.1 Å². The molecule has 1 radical (unpaired) electrons. The highest BCUT2D eigenvalue weighted by Crippen LogP contribution is 2.41. The third-order valence-electron chi connectivity index (χ3n) is 5.23. The first-order valence-electron chi connectivity index (χ1n) is 8.44. The minimum absolute atomic E-state index is 0.186. The summed E-state index contributed by atoms with van der Waals surface area (Å²) >= 11 is 0. The average molecular weight is 326 g/mol. The van der Waals surface area contributed by atoms with Crippen LogP contribution in [0.4, 0.5) is 0 Å². The average Bonchev–Trinajstić information content (AvgIpc) is 2.44. The van der Waals surface area contributed by atoms with Gasteiger partial charge in [-0.2, -0.15) is 0 Å². The highest BCUT2D eigenvalue weighted by atomic mass is 16.5. The molecular formula is C17H28NO5. The molecule has 1 saturated heterocycles. The van der Waals surface area contributed by atoms with Gasteiger partial charge in [0.05, 0.1) is 11.8 Å². The van der Waals surface area contributed by atoms with Crippen LogP contribution in [-0.4, -0.2) is 39.3 Å². The zero-order valence-corrected chi connectivity index (χ0v) is 14.5. The molecule has 0 aromatic rings. The fourth-order valence-electron chi connectivity index (χ4n) is 4.12. The second-order valence-corrected chi connectivity index (χ2v) is 8.27. The molecule has 0 bridgehead atoms. The summed E-state index contributed by atoms with van der Waals surface area (Å²) in [6.07, 6.45) is 3.12. The number of carbonyl (C=O) groups is 2. The summed E-state index contributed by atoms with van der Waals surface area (Å²) < 4.78 is 5.63. The zero-order chi connectivity index (χ0) is 17.4. The molecule has 2 rings (SSSR count). The standard InChI is InChI=1S/C17H28NO5/c1-16(2)9-12(10-17(3,4)18(16)22)15(21)23-13-7-5-11(6-8-13)14(19)20/h11-13H,5-10H2,1-4H3,(H,19,20). The van der Waals surface area contributed by atoms with Gasteiger partial charge in [0.15, 0.2) is 0 Å². The van der Waals surface area contributed by atoms with E-state index in [4.69, 9.17) is 9.84 Å². The van der Waals surface area contributed by atoms with E-state index in [-0.39, 0.29) is 23.9 Å². The number of carbonyl (C=O) groups excluding carboxylic acids is 1. The maximum absolute atomic E-state index is 12.5. The van der Waals surface area contributed by atoms with E-state index in [1.165, 1.54) is 0 Å². The lowest BCUT2D eigenvalue weighted by Gasteiger charge is -2.49. The van der Waals surface area contributed by atoms with Gasteiger partial charge in [0.1, 0.15) is 6.10 Å². The fraction of sp³-hybridized carbons (Fsp3) is 0.882. The quantitative estimate of drug-likeness (QED) is 0.806. The first-order chi connectivity index (χ1) is 10.5. The summed E-state index contributed by atoms with van der Waals surface area (Å²) in [5, 5.41) is 22.4. The third-order valence-corrected chi connectivity index (χ3v) is 5.23. The smallest absolute Gasteiger partial charge is 0.309 e. The van der Waals surface area contributed by atoms with Crippen LogP contribution in [0.3, 0.4) is 0 Å². The van der Waals surface area contributed by atoms with E-state index in [0.717, 1.165) is 5.06 Å². The Hall–Kier alpha value is -1.14. The molecule has 1 saturated carbocycles. The van der Waals surface area contributed by atoms with Crippen molar-refractivity contribution in [2.75, 3.05) is 0 Å². The molecule has 1 N–H and O–H groups in total. The molecule has 23 heavy (non-hydrogen) atoms. The van der Waals surface area contributed by atoms with Crippen LogP contribution in [0.25, 0.3) is 0 Å². The van der Waals surface area contributed by atoms with Crippen molar-refractivity contribution in [2.45, 2.75) is 83.4 Å². The molecular weight excluding hydrogens is 298 g/mol. The van der Waals surface area contributed by atoms with Gasteiger partial charge in [0.2, 0.25) is 0 Å². The van der Waals surface area contributed by atoms with Gasteiger partial charge >= 0.3 is 11.9 Å². The molecule has 1 aliphatic carbocycles. The number of hydrogen-bond donors (Lipinski definition) is 1. The number of piperidine rings is 1. The largest absolute Gasteiger partial charge is 0.481 e. The van der Waals surface area contributed by atoms with Crippen LogP contribution in [0.5, 0.6) is 0 Å². The van der Waals surface area contributed by atoms with Crippen molar-refractivity contribution in [1.82, 2.24) is 5.06 Å². The summed E-state index contributed by atoms with van der Waals surface area (Å²) in [6.45, 7) is 7.44. The van der Waals surface area contributed by atoms with Crippen molar-refractivity contribution in [3.63, 3.8) is 0 Å². The number of nitrogens with zero attached hydrogens (tertiary/aromatic N) is 1. The number of hydroxylamine groups is 2. The Balaban J connectivity index is 1.93. The maximum Gasteiger partial charge on any atom is 0.309 e. The van der Waals surface area contributed by atoms with Crippen LogP contribution in [0.15, 0.2) is 0 Å². The maximum atomic E-state index is 12.5. The molecule has 1 heterocycles. The molecule has 1 aliphatic heterocycles. The Morgan fingerprint density at radius 2 is 1.43 bits per heavy atom. The summed E-state index contributed by atoms with van der Waals surface area (Å²) in [4.78, 5) is 23.5. The Labute approximate surface area is 137 Å². The number of aliphatic carboxylic acids is 1. The van der Waals surface area contributed by atoms with E-state index in [1.54, 1.807) is 0 Å². The van der Waals surface area contributed by atoms with Gasteiger partial charge in [-0.3, -0.25) is 9.59 Å². The predicted octanol–water partition coefficient (Wildman–Crippen LogP) is 2.79. The van der Waals surface area contributed by atoms with Crippen molar-refractivity contribution >= 4 is 11.9 Å². The summed E-state index contributed by atoms with van der Waals surface area (Å²) in [7, 11) is 0. The lowest BCUT2D eigenvalue weighted by Crippen LogP contribution is -2.59. The van der Waals surface area contributed by atoms with E-state index in [2.05, 4.69) is 0 Å². The molecule has 0 spiro atoms. The molecule has 0 aromatic heterocycles. The van der Waals surface area contributed by atoms with Gasteiger partial charge in [-0.1, -0.05) is 0 Å². The number of carboxylic acid groups (broad SMARTS) is 1. The Kier molecular flexibility index (Phi) is 5.06. The molecule has 2 aliphatic rings. The first-order valence-corrected chi connectivity index (χ1v) is 8.44. The predicted molar refractivity (Wildman–Crippen MR) is 82.9 cm³/mol. The van der Waals surface area contributed by atoms with Gasteiger partial charge in [-0.15, -0.1) is 10.3 Å². The molecule has 0 aromatic carbocycles. The topological polar surface area (TPSA) is 86.7 Å². The highest BCUT2D eigenvalue weighted by Gasteiger charge is 2.48. The van der Waals surface area contributed by atoms with Crippen molar-refractivity contribution in [3.8, 4) is 0 Å². The van der Waals surface area contributed by atoms with Crippen LogP contribution >= 0.6 is 0 Å². The Morgan fingerprint density at radius 1 is 0.957 bits per heavy atom. The highest BCUT2D eigenvalue weighted by molar-refractivity contribution is 5.73. The number of ether oxygens (including phenoxy) is 1. The normalized spacial score (nSPS) is 31.5. The summed E-state index contributed by atoms with van der Waals surface area (Å²) in [5.41, 5.74) is -1.18. The van der Waals surface area contributed by atoms with Gasteiger partial charge < -0.3 is 9.84 Å². The lowest BCUT2D eigenvalue weighted by atomic mass is 9.75. The third kappa shape index (κ3) is 4.04. The molecule has 2 fully saturated rings. The first kappa shape index (κ1) is 18.2. The molecule has 131 valence electrons. The van der Waals surface area contributed by atoms with E-state index in [0.29, 0.717) is 38.5 Å². The van der Waals surface area contributed by atoms with Gasteiger partial charge in [-0.05, 0) is 66.2 Å². The van der Waals surface area contributed by atoms with E-state index >= 15 is 0 Å². The summed E-state index contributed by atoms with van der Waals surface area (Å²) in [5.74, 6) is -1.59. The SMILES string of the molecule is CC1(C)CC(C(=O)OC2CCC(C(=O)O)CC2)CC(C)(C)N1[O]. The minimum atomic E-state index is -0.763. The van der Waals surface area contributed by atoms with Crippen molar-refractivity contribution in [3.05, 3.63) is 0 Å². The van der Waals surface area contributed by atoms with Crippen LogP contribution in [-0.2, 0) is 19.5 Å². The van der Waals surface area contributed by atoms with Gasteiger partial charge in [0.25, 0.3) is 0 Å². The Bertz CT molecular complexity index is 448. The van der Waals surface area contributed by atoms with Crippen LogP contribution < -0.4 is 0 Å². The number of carboxylic acids is 1. The number of rotatable bonds is 3. The van der Waals surface area contributed by atoms with Crippen molar-refractivity contribution < 1.29 is 24.6 Å². The molecule has 0 unspecified atom stereocenters. The fourth-order valence-corrected chi connectivity index (χ4v) is 4.12. The Morgan fingerprint density at radius 3 is 1.87 bits per heavy atom. The van der Waals surface area contributed by atoms with Crippen LogP contribution in [0, 0.1) is 11.8 Å². The lowest BCUT2D eigenvalue weighted by molar-refractivity contribution is -0.294. The minimum Gasteiger partial charge on any atom is -0.481 e. The van der Waals surface area contributed by atoms with Crippen molar-refractivity contribution in [1.29, 1.82) is 0 Å². The monoisotopic (exact) mass is 326 g/mol. The van der Waals surface area contributed by atoms with Crippen LogP contribution in [0.1, 0.15) is 66.2 Å². The second-order valence-electron chi connectivity index (χ2n) is 8.27. The number of esters is 1. The van der Waals surface area contributed by atoms with Gasteiger partial charge in [-0.25, -0.2) is 0 Å². The van der Waals surface area contributed by atoms with E-state index < -0.39 is 17.0 Å². The molecule has 6 heteroatoms. The second kappa shape index (κ2) is 6.40. The van der Waals surface area contributed by atoms with Crippen LogP contribution in [0.2, 0.25) is 0 Å². The molecule has 6 nitrogen and oxygen atoms in total. The van der Waals surface area contributed by atoms with E-state index in [9.17, 15) is 14.8 Å². The van der Waals surface area contributed by atoms with Crippen molar-refractivity contribution in [2.24, 2.45) is 11.8 Å². The molecule has 0 amide bonds. The molecule has 0 atom stereocenters. The number of hydrogen-bond acceptors (Lipinski definition) is 4. The zero-order valence-electron chi connectivity index (χ0n) is 14.5. The summed E-state index contributed by atoms with van der Waals surface area (Å²) in [6, 6.07) is 0.